The Bertz CT molecular complexity index is 732. The van der Waals surface area contributed by atoms with Crippen molar-refractivity contribution < 1.29 is 9.72 Å². The summed E-state index contributed by atoms with van der Waals surface area (Å²) < 4.78 is 1.01. The maximum atomic E-state index is 11.6. The summed E-state index contributed by atoms with van der Waals surface area (Å²) in [5, 5.41) is 10.8. The van der Waals surface area contributed by atoms with Crippen LogP contribution in [0, 0.1) is 10.1 Å². The Hall–Kier alpha value is -2.41. The summed E-state index contributed by atoms with van der Waals surface area (Å²) in [6, 6.07) is 12.1. The predicted molar refractivity (Wildman–Crippen MR) is 92.7 cm³/mol. The normalized spacial score (nSPS) is 10.3. The molecule has 0 fully saturated rings. The van der Waals surface area contributed by atoms with Gasteiger partial charge in [-0.2, -0.15) is 0 Å². The summed E-state index contributed by atoms with van der Waals surface area (Å²) >= 11 is 3.39. The van der Waals surface area contributed by atoms with Crippen molar-refractivity contribution in [3.8, 4) is 0 Å². The van der Waals surface area contributed by atoms with Gasteiger partial charge in [-0.3, -0.25) is 14.9 Å². The van der Waals surface area contributed by atoms with Gasteiger partial charge in [0.15, 0.2) is 0 Å². The van der Waals surface area contributed by atoms with E-state index in [1.807, 2.05) is 36.2 Å². The van der Waals surface area contributed by atoms with Crippen molar-refractivity contribution in [3.05, 3.63) is 68.2 Å². The molecule has 120 valence electrons. The van der Waals surface area contributed by atoms with Gasteiger partial charge in [0.2, 0.25) is 0 Å². The van der Waals surface area contributed by atoms with Crippen molar-refractivity contribution in [1.82, 2.24) is 0 Å². The molecule has 0 aliphatic heterocycles. The Morgan fingerprint density at radius 2 is 1.91 bits per heavy atom. The van der Waals surface area contributed by atoms with E-state index in [4.69, 9.17) is 5.73 Å². The van der Waals surface area contributed by atoms with Gasteiger partial charge in [0.05, 0.1) is 10.5 Å². The van der Waals surface area contributed by atoms with Crippen LogP contribution in [0.2, 0.25) is 0 Å². The minimum atomic E-state index is -0.681. The third-order valence-corrected chi connectivity index (χ3v) is 4.05. The first kappa shape index (κ1) is 17.0. The van der Waals surface area contributed by atoms with E-state index in [2.05, 4.69) is 15.9 Å². The molecule has 6 nitrogen and oxygen atoms in total. The van der Waals surface area contributed by atoms with Gasteiger partial charge in [-0.1, -0.05) is 28.1 Å². The van der Waals surface area contributed by atoms with Crippen molar-refractivity contribution in [3.63, 3.8) is 0 Å². The lowest BCUT2D eigenvalue weighted by molar-refractivity contribution is -0.384. The molecule has 0 bridgehead atoms. The highest BCUT2D eigenvalue weighted by atomic mass is 79.9. The van der Waals surface area contributed by atoms with E-state index < -0.39 is 10.8 Å². The lowest BCUT2D eigenvalue weighted by Crippen LogP contribution is -2.24. The minimum Gasteiger partial charge on any atom is -0.374 e. The molecule has 0 aromatic heterocycles. The first-order chi connectivity index (χ1) is 10.9. The molecule has 0 saturated carbocycles. The monoisotopic (exact) mass is 377 g/mol. The van der Waals surface area contributed by atoms with E-state index in [0.29, 0.717) is 12.2 Å². The summed E-state index contributed by atoms with van der Waals surface area (Å²) in [5.41, 5.74) is 7.09. The van der Waals surface area contributed by atoms with Gasteiger partial charge in [0, 0.05) is 35.9 Å². The maximum Gasteiger partial charge on any atom is 0.270 e. The van der Waals surface area contributed by atoms with Crippen molar-refractivity contribution in [2.45, 2.75) is 6.42 Å². The Morgan fingerprint density at radius 1 is 1.26 bits per heavy atom. The number of hydrogen-bond acceptors (Lipinski definition) is 4. The fourth-order valence-electron chi connectivity index (χ4n) is 2.24. The van der Waals surface area contributed by atoms with E-state index in [1.54, 1.807) is 6.07 Å². The summed E-state index contributed by atoms with van der Waals surface area (Å²) in [4.78, 5) is 23.7. The Morgan fingerprint density at radius 3 is 2.48 bits per heavy atom. The highest BCUT2D eigenvalue weighted by Crippen LogP contribution is 2.25. The molecule has 0 spiro atoms. The van der Waals surface area contributed by atoms with E-state index in [0.717, 1.165) is 16.5 Å². The molecule has 0 aliphatic carbocycles. The molecular weight excluding hydrogens is 362 g/mol. The van der Waals surface area contributed by atoms with Crippen LogP contribution in [0.1, 0.15) is 15.9 Å². The number of likely N-dealkylation sites (N-methyl/N-ethyl adjacent to an activating group) is 1. The standard InChI is InChI=1S/C16H16BrN3O3/c1-19(9-8-11-2-4-12(17)5-3-11)15-7-6-13(20(22)23)10-14(15)16(18)21/h2-7,10H,8-9H2,1H3,(H2,18,21). The zero-order valence-electron chi connectivity index (χ0n) is 12.5. The fraction of sp³-hybridized carbons (Fsp3) is 0.188. The number of rotatable bonds is 6. The molecule has 0 aliphatic rings. The average Bonchev–Trinajstić information content (AvgIpc) is 2.53. The van der Waals surface area contributed by atoms with Crippen molar-refractivity contribution in [1.29, 1.82) is 0 Å². The number of nitrogens with two attached hydrogens (primary N) is 1. The number of nitrogens with zero attached hydrogens (tertiary/aromatic N) is 2. The van der Waals surface area contributed by atoms with Crippen LogP contribution in [0.15, 0.2) is 46.9 Å². The van der Waals surface area contributed by atoms with Crippen LogP contribution in [0.3, 0.4) is 0 Å². The summed E-state index contributed by atoms with van der Waals surface area (Å²) in [7, 11) is 1.83. The third kappa shape index (κ3) is 4.29. The van der Waals surface area contributed by atoms with Gasteiger partial charge < -0.3 is 10.6 Å². The third-order valence-electron chi connectivity index (χ3n) is 3.52. The Labute approximate surface area is 142 Å². The van der Waals surface area contributed by atoms with Crippen molar-refractivity contribution >= 4 is 33.2 Å². The van der Waals surface area contributed by atoms with Crippen LogP contribution < -0.4 is 10.6 Å². The van der Waals surface area contributed by atoms with Crippen LogP contribution in [0.25, 0.3) is 0 Å². The highest BCUT2D eigenvalue weighted by Gasteiger charge is 2.17. The molecule has 2 N–H and O–H groups in total. The second-order valence-corrected chi connectivity index (χ2v) is 6.04. The molecule has 1 amide bonds. The van der Waals surface area contributed by atoms with Gasteiger partial charge in [-0.05, 0) is 30.2 Å². The van der Waals surface area contributed by atoms with Crippen LogP contribution in [0.4, 0.5) is 11.4 Å². The number of halogens is 1. The number of benzene rings is 2. The van der Waals surface area contributed by atoms with Gasteiger partial charge in [0.25, 0.3) is 11.6 Å². The number of carbonyl (C=O) groups is 1. The SMILES string of the molecule is CN(CCc1ccc(Br)cc1)c1ccc([N+](=O)[O-])cc1C(N)=O. The quantitative estimate of drug-likeness (QED) is 0.618. The number of hydrogen-bond donors (Lipinski definition) is 1. The molecule has 2 aromatic carbocycles. The molecule has 2 aromatic rings. The largest absolute Gasteiger partial charge is 0.374 e. The fourth-order valence-corrected chi connectivity index (χ4v) is 2.50. The van der Waals surface area contributed by atoms with Crippen molar-refractivity contribution in [2.24, 2.45) is 5.73 Å². The van der Waals surface area contributed by atoms with Gasteiger partial charge in [-0.15, -0.1) is 0 Å². The number of anilines is 1. The first-order valence-corrected chi connectivity index (χ1v) is 7.71. The van der Waals surface area contributed by atoms with Crippen molar-refractivity contribution in [2.75, 3.05) is 18.5 Å². The molecule has 0 heterocycles. The molecule has 0 atom stereocenters. The molecule has 7 heteroatoms. The number of nitro groups is 1. The van der Waals surface area contributed by atoms with Gasteiger partial charge in [0.1, 0.15) is 0 Å². The van der Waals surface area contributed by atoms with Gasteiger partial charge >= 0.3 is 0 Å². The summed E-state index contributed by atoms with van der Waals surface area (Å²) in [5.74, 6) is -0.681. The second kappa shape index (κ2) is 7.23. The lowest BCUT2D eigenvalue weighted by Gasteiger charge is -2.21. The lowest BCUT2D eigenvalue weighted by atomic mass is 10.1. The Kier molecular flexibility index (Phi) is 5.33. The van der Waals surface area contributed by atoms with Crippen LogP contribution in [0.5, 0.6) is 0 Å². The topological polar surface area (TPSA) is 89.5 Å². The molecule has 23 heavy (non-hydrogen) atoms. The number of carbonyl (C=O) groups excluding carboxylic acids is 1. The molecule has 0 saturated heterocycles. The molecule has 0 radical (unpaired) electrons. The zero-order chi connectivity index (χ0) is 17.0. The Balaban J connectivity index is 2.17. The number of non-ortho nitro benzene ring substituents is 1. The second-order valence-electron chi connectivity index (χ2n) is 5.12. The summed E-state index contributed by atoms with van der Waals surface area (Å²) in [6.07, 6.45) is 0.777. The zero-order valence-corrected chi connectivity index (χ0v) is 14.1. The number of nitro benzene ring substituents is 1. The van der Waals surface area contributed by atoms with Gasteiger partial charge in [-0.25, -0.2) is 0 Å². The number of amides is 1. The minimum absolute atomic E-state index is 0.149. The smallest absolute Gasteiger partial charge is 0.270 e. The maximum absolute atomic E-state index is 11.6. The first-order valence-electron chi connectivity index (χ1n) is 6.92. The highest BCUT2D eigenvalue weighted by molar-refractivity contribution is 9.10. The van der Waals surface area contributed by atoms with Crippen LogP contribution in [-0.2, 0) is 6.42 Å². The van der Waals surface area contributed by atoms with E-state index in [1.165, 1.54) is 12.1 Å². The van der Waals surface area contributed by atoms with E-state index in [9.17, 15) is 14.9 Å². The molecule has 2 rings (SSSR count). The number of primary amides is 1. The molecular formula is C16H16BrN3O3. The van der Waals surface area contributed by atoms with Crippen LogP contribution >= 0.6 is 15.9 Å². The average molecular weight is 378 g/mol. The van der Waals surface area contributed by atoms with E-state index in [-0.39, 0.29) is 11.3 Å². The van der Waals surface area contributed by atoms with Crippen LogP contribution in [-0.4, -0.2) is 24.4 Å². The molecule has 0 unspecified atom stereocenters. The predicted octanol–water partition coefficient (Wildman–Crippen LogP) is 3.14. The summed E-state index contributed by atoms with van der Waals surface area (Å²) in [6.45, 7) is 0.653. The van der Waals surface area contributed by atoms with E-state index >= 15 is 0 Å².